The highest BCUT2D eigenvalue weighted by atomic mass is 16.3. The standard InChI is InChI=1S/C16H14O3/c1-8(2)10-4-5-11-12(6-10)14(17)15(18)13-9(3)7-19-16(11)13/h4-8H,1-3H3. The maximum Gasteiger partial charge on any atom is 0.237 e. The van der Waals surface area contributed by atoms with Gasteiger partial charge in [0.1, 0.15) is 5.76 Å². The Morgan fingerprint density at radius 1 is 1.05 bits per heavy atom. The molecule has 0 spiro atoms. The van der Waals surface area contributed by atoms with Crippen molar-refractivity contribution in [3.05, 3.63) is 46.7 Å². The zero-order valence-electron chi connectivity index (χ0n) is 11.1. The molecule has 0 radical (unpaired) electrons. The summed E-state index contributed by atoms with van der Waals surface area (Å²) in [6.07, 6.45) is 1.53. The zero-order chi connectivity index (χ0) is 13.7. The van der Waals surface area contributed by atoms with Crippen molar-refractivity contribution in [2.75, 3.05) is 0 Å². The molecule has 2 aromatic rings. The summed E-state index contributed by atoms with van der Waals surface area (Å²) in [5.41, 5.74) is 3.35. The molecule has 0 atom stereocenters. The summed E-state index contributed by atoms with van der Waals surface area (Å²) in [4.78, 5) is 24.3. The first-order valence-electron chi connectivity index (χ1n) is 6.32. The van der Waals surface area contributed by atoms with E-state index in [0.29, 0.717) is 28.4 Å². The van der Waals surface area contributed by atoms with Crippen LogP contribution in [0.5, 0.6) is 0 Å². The number of furan rings is 1. The van der Waals surface area contributed by atoms with Gasteiger partial charge in [-0.15, -0.1) is 0 Å². The van der Waals surface area contributed by atoms with Crippen LogP contribution in [0.25, 0.3) is 11.3 Å². The van der Waals surface area contributed by atoms with E-state index in [9.17, 15) is 9.59 Å². The number of hydrogen-bond acceptors (Lipinski definition) is 3. The Balaban J connectivity index is 2.30. The van der Waals surface area contributed by atoms with Gasteiger partial charge in [0.15, 0.2) is 0 Å². The van der Waals surface area contributed by atoms with Crippen molar-refractivity contribution in [1.82, 2.24) is 0 Å². The molecule has 0 aliphatic heterocycles. The molecule has 96 valence electrons. The predicted octanol–water partition coefficient (Wildman–Crippen LogP) is 3.76. The summed E-state index contributed by atoms with van der Waals surface area (Å²) < 4.78 is 5.46. The second-order valence-electron chi connectivity index (χ2n) is 5.24. The monoisotopic (exact) mass is 254 g/mol. The van der Waals surface area contributed by atoms with E-state index in [2.05, 4.69) is 13.8 Å². The lowest BCUT2D eigenvalue weighted by molar-refractivity contribution is 0.0814. The Morgan fingerprint density at radius 2 is 1.79 bits per heavy atom. The minimum atomic E-state index is -0.463. The van der Waals surface area contributed by atoms with Gasteiger partial charge < -0.3 is 4.42 Å². The van der Waals surface area contributed by atoms with Crippen LogP contribution >= 0.6 is 0 Å². The molecular weight excluding hydrogens is 240 g/mol. The lowest BCUT2D eigenvalue weighted by atomic mass is 9.85. The number of aryl methyl sites for hydroxylation is 1. The quantitative estimate of drug-likeness (QED) is 0.728. The van der Waals surface area contributed by atoms with Gasteiger partial charge in [-0.1, -0.05) is 26.0 Å². The average Bonchev–Trinajstić information content (AvgIpc) is 2.77. The number of rotatable bonds is 1. The average molecular weight is 254 g/mol. The number of hydrogen-bond donors (Lipinski definition) is 0. The van der Waals surface area contributed by atoms with Gasteiger partial charge >= 0.3 is 0 Å². The van der Waals surface area contributed by atoms with Gasteiger partial charge in [-0.05, 0) is 30.0 Å². The van der Waals surface area contributed by atoms with E-state index in [0.717, 1.165) is 11.1 Å². The van der Waals surface area contributed by atoms with Crippen LogP contribution in [-0.2, 0) is 0 Å². The zero-order valence-corrected chi connectivity index (χ0v) is 11.1. The molecule has 0 unspecified atom stereocenters. The molecule has 0 amide bonds. The fraction of sp³-hybridized carbons (Fsp3) is 0.250. The first-order valence-corrected chi connectivity index (χ1v) is 6.32. The van der Waals surface area contributed by atoms with Gasteiger partial charge in [0, 0.05) is 11.1 Å². The smallest absolute Gasteiger partial charge is 0.237 e. The molecule has 3 heteroatoms. The van der Waals surface area contributed by atoms with Gasteiger partial charge in [0.2, 0.25) is 11.6 Å². The van der Waals surface area contributed by atoms with Gasteiger partial charge in [0.25, 0.3) is 0 Å². The summed E-state index contributed by atoms with van der Waals surface area (Å²) in [6.45, 7) is 5.89. The van der Waals surface area contributed by atoms with E-state index in [1.807, 2.05) is 12.1 Å². The summed E-state index contributed by atoms with van der Waals surface area (Å²) in [6, 6.07) is 5.66. The molecule has 1 aromatic carbocycles. The van der Waals surface area contributed by atoms with E-state index in [-0.39, 0.29) is 0 Å². The second kappa shape index (κ2) is 3.92. The van der Waals surface area contributed by atoms with E-state index in [1.54, 1.807) is 13.0 Å². The van der Waals surface area contributed by atoms with Crippen LogP contribution in [0.3, 0.4) is 0 Å². The normalized spacial score (nSPS) is 13.7. The third-order valence-corrected chi connectivity index (χ3v) is 3.61. The maximum atomic E-state index is 12.2. The van der Waals surface area contributed by atoms with Crippen molar-refractivity contribution in [1.29, 1.82) is 0 Å². The molecule has 1 aliphatic rings. The molecule has 1 aromatic heterocycles. The van der Waals surface area contributed by atoms with Crippen molar-refractivity contribution < 1.29 is 14.0 Å². The van der Waals surface area contributed by atoms with Crippen LogP contribution in [0.15, 0.2) is 28.9 Å². The molecule has 0 N–H and O–H groups in total. The SMILES string of the molecule is Cc1coc2c1C(=O)C(=O)c1cc(C(C)C)ccc1-2. The van der Waals surface area contributed by atoms with Gasteiger partial charge in [0.05, 0.1) is 11.8 Å². The predicted molar refractivity (Wildman–Crippen MR) is 71.6 cm³/mol. The molecule has 0 bridgehead atoms. The lowest BCUT2D eigenvalue weighted by Crippen LogP contribution is -2.21. The molecule has 0 fully saturated rings. The number of fused-ring (bicyclic) bond motifs is 3. The molecule has 19 heavy (non-hydrogen) atoms. The molecule has 3 rings (SSSR count). The van der Waals surface area contributed by atoms with E-state index in [4.69, 9.17) is 4.42 Å². The Kier molecular flexibility index (Phi) is 2.45. The van der Waals surface area contributed by atoms with Crippen LogP contribution in [0.1, 0.15) is 51.6 Å². The summed E-state index contributed by atoms with van der Waals surface area (Å²) in [5, 5.41) is 0. The fourth-order valence-electron chi connectivity index (χ4n) is 2.47. The molecular formula is C16H14O3. The highest BCUT2D eigenvalue weighted by Crippen LogP contribution is 2.37. The lowest BCUT2D eigenvalue weighted by Gasteiger charge is -2.16. The second-order valence-corrected chi connectivity index (χ2v) is 5.24. The van der Waals surface area contributed by atoms with Crippen LogP contribution in [0.2, 0.25) is 0 Å². The van der Waals surface area contributed by atoms with E-state index < -0.39 is 11.6 Å². The van der Waals surface area contributed by atoms with E-state index >= 15 is 0 Å². The minimum absolute atomic E-state index is 0.313. The number of carbonyl (C=O) groups excluding carboxylic acids is 2. The Labute approximate surface area is 111 Å². The molecule has 0 saturated carbocycles. The highest BCUT2D eigenvalue weighted by Gasteiger charge is 2.34. The number of benzene rings is 1. The largest absolute Gasteiger partial charge is 0.463 e. The van der Waals surface area contributed by atoms with Crippen LogP contribution in [0, 0.1) is 6.92 Å². The summed E-state index contributed by atoms with van der Waals surface area (Å²) in [7, 11) is 0. The van der Waals surface area contributed by atoms with Crippen molar-refractivity contribution in [2.45, 2.75) is 26.7 Å². The van der Waals surface area contributed by atoms with Crippen molar-refractivity contribution >= 4 is 11.6 Å². The van der Waals surface area contributed by atoms with Crippen molar-refractivity contribution in [3.63, 3.8) is 0 Å². The number of Topliss-reactive ketones (excluding diaryl/α,β-unsaturated/α-hetero) is 2. The molecule has 1 aliphatic carbocycles. The Bertz CT molecular complexity index is 705. The Hall–Kier alpha value is -2.16. The van der Waals surface area contributed by atoms with E-state index in [1.165, 1.54) is 6.26 Å². The van der Waals surface area contributed by atoms with Gasteiger partial charge in [-0.3, -0.25) is 9.59 Å². The minimum Gasteiger partial charge on any atom is -0.463 e. The Morgan fingerprint density at radius 3 is 2.47 bits per heavy atom. The number of ketones is 2. The highest BCUT2D eigenvalue weighted by molar-refractivity contribution is 6.53. The maximum absolute atomic E-state index is 12.2. The topological polar surface area (TPSA) is 47.3 Å². The molecule has 1 heterocycles. The van der Waals surface area contributed by atoms with Crippen LogP contribution in [-0.4, -0.2) is 11.6 Å². The molecule has 0 saturated heterocycles. The van der Waals surface area contributed by atoms with Crippen LogP contribution in [0.4, 0.5) is 0 Å². The first-order chi connectivity index (χ1) is 9.00. The van der Waals surface area contributed by atoms with Gasteiger partial charge in [-0.25, -0.2) is 0 Å². The van der Waals surface area contributed by atoms with Gasteiger partial charge in [-0.2, -0.15) is 0 Å². The van der Waals surface area contributed by atoms with Crippen LogP contribution < -0.4 is 0 Å². The summed E-state index contributed by atoms with van der Waals surface area (Å²) >= 11 is 0. The summed E-state index contributed by atoms with van der Waals surface area (Å²) in [5.74, 6) is -0.0653. The number of carbonyl (C=O) groups is 2. The van der Waals surface area contributed by atoms with Crippen molar-refractivity contribution in [3.8, 4) is 11.3 Å². The van der Waals surface area contributed by atoms with Crippen molar-refractivity contribution in [2.24, 2.45) is 0 Å². The first kappa shape index (κ1) is 11.9. The third kappa shape index (κ3) is 1.58. The molecule has 3 nitrogen and oxygen atoms in total. The fourth-order valence-corrected chi connectivity index (χ4v) is 2.47. The third-order valence-electron chi connectivity index (χ3n) is 3.61.